The molecule has 2 rings (SSSR count). The summed E-state index contributed by atoms with van der Waals surface area (Å²) in [5.74, 6) is -1.10. The van der Waals surface area contributed by atoms with Gasteiger partial charge in [0, 0.05) is 38.6 Å². The maximum Gasteiger partial charge on any atom is 0.320 e. The van der Waals surface area contributed by atoms with Gasteiger partial charge in [-0.1, -0.05) is 0 Å². The van der Waals surface area contributed by atoms with Crippen molar-refractivity contribution in [1.29, 1.82) is 0 Å². The summed E-state index contributed by atoms with van der Waals surface area (Å²) >= 11 is 0. The molecule has 0 spiro atoms. The first-order valence-electron chi connectivity index (χ1n) is 7.12. The van der Waals surface area contributed by atoms with Gasteiger partial charge in [0.15, 0.2) is 0 Å². The van der Waals surface area contributed by atoms with E-state index in [0.29, 0.717) is 25.9 Å². The summed E-state index contributed by atoms with van der Waals surface area (Å²) in [6.07, 6.45) is 4.45. The molecule has 0 bridgehead atoms. The van der Waals surface area contributed by atoms with Crippen LogP contribution in [0.25, 0.3) is 0 Å². The Labute approximate surface area is 124 Å². The van der Waals surface area contributed by atoms with Gasteiger partial charge < -0.3 is 14.9 Å². The number of urea groups is 1. The summed E-state index contributed by atoms with van der Waals surface area (Å²) < 4.78 is 0. The molecule has 1 aromatic rings. The number of carboxylic acids is 1. The number of carbonyl (C=O) groups is 2. The molecule has 2 heterocycles. The third kappa shape index (κ3) is 3.71. The van der Waals surface area contributed by atoms with Gasteiger partial charge in [-0.2, -0.15) is 0 Å². The van der Waals surface area contributed by atoms with E-state index in [4.69, 9.17) is 5.11 Å². The molecule has 2 atom stereocenters. The summed E-state index contributed by atoms with van der Waals surface area (Å²) in [7, 11) is 1.76. The average Bonchev–Trinajstić information content (AvgIpc) is 2.47. The fourth-order valence-electron chi connectivity index (χ4n) is 2.73. The van der Waals surface area contributed by atoms with Crippen molar-refractivity contribution in [2.24, 2.45) is 5.92 Å². The second-order valence-electron chi connectivity index (χ2n) is 5.60. The highest BCUT2D eigenvalue weighted by Gasteiger charge is 2.33. The molecule has 6 heteroatoms. The van der Waals surface area contributed by atoms with Crippen LogP contribution in [-0.4, -0.2) is 51.5 Å². The Morgan fingerprint density at radius 3 is 2.67 bits per heavy atom. The van der Waals surface area contributed by atoms with Crippen molar-refractivity contribution in [2.45, 2.75) is 32.4 Å². The molecule has 1 N–H and O–H groups in total. The van der Waals surface area contributed by atoms with E-state index in [0.717, 1.165) is 5.56 Å². The zero-order valence-electron chi connectivity index (χ0n) is 12.4. The Kier molecular flexibility index (Phi) is 4.77. The van der Waals surface area contributed by atoms with E-state index >= 15 is 0 Å². The Balaban J connectivity index is 1.95. The molecule has 6 nitrogen and oxygen atoms in total. The van der Waals surface area contributed by atoms with Crippen LogP contribution in [0.15, 0.2) is 24.5 Å². The van der Waals surface area contributed by atoms with Gasteiger partial charge in [0.25, 0.3) is 0 Å². The first-order valence-corrected chi connectivity index (χ1v) is 7.12. The summed E-state index contributed by atoms with van der Waals surface area (Å²) in [5.41, 5.74) is 1.02. The topological polar surface area (TPSA) is 73.7 Å². The Hall–Kier alpha value is -2.11. The molecular weight excluding hydrogens is 270 g/mol. The van der Waals surface area contributed by atoms with E-state index in [1.165, 1.54) is 0 Å². The van der Waals surface area contributed by atoms with Crippen molar-refractivity contribution in [2.75, 3.05) is 13.6 Å². The number of hydrogen-bond donors (Lipinski definition) is 1. The van der Waals surface area contributed by atoms with Crippen LogP contribution >= 0.6 is 0 Å². The first-order chi connectivity index (χ1) is 9.99. The van der Waals surface area contributed by atoms with E-state index in [2.05, 4.69) is 4.98 Å². The van der Waals surface area contributed by atoms with Crippen LogP contribution in [0, 0.1) is 5.92 Å². The number of carboxylic acid groups (broad SMARTS) is 1. The largest absolute Gasteiger partial charge is 0.481 e. The third-order valence-electron chi connectivity index (χ3n) is 3.97. The average molecular weight is 291 g/mol. The molecule has 1 fully saturated rings. The van der Waals surface area contributed by atoms with Crippen molar-refractivity contribution in [1.82, 2.24) is 14.8 Å². The summed E-state index contributed by atoms with van der Waals surface area (Å²) in [5, 5.41) is 9.07. The number of piperidine rings is 1. The second-order valence-corrected chi connectivity index (χ2v) is 5.60. The molecule has 2 amide bonds. The summed E-state index contributed by atoms with van der Waals surface area (Å²) in [6.45, 7) is 2.93. The number of carbonyl (C=O) groups excluding carboxylic acids is 1. The summed E-state index contributed by atoms with van der Waals surface area (Å²) in [4.78, 5) is 30.9. The lowest BCUT2D eigenvalue weighted by Gasteiger charge is -2.38. The maximum atomic E-state index is 12.5. The van der Waals surface area contributed by atoms with Gasteiger partial charge in [0.1, 0.15) is 0 Å². The van der Waals surface area contributed by atoms with Crippen LogP contribution in [0.5, 0.6) is 0 Å². The Morgan fingerprint density at radius 2 is 2.10 bits per heavy atom. The fourth-order valence-corrected chi connectivity index (χ4v) is 2.73. The molecule has 114 valence electrons. The molecule has 0 saturated carbocycles. The van der Waals surface area contributed by atoms with Crippen molar-refractivity contribution >= 4 is 12.0 Å². The highest BCUT2D eigenvalue weighted by Crippen LogP contribution is 2.24. The van der Waals surface area contributed by atoms with Gasteiger partial charge in [-0.25, -0.2) is 4.79 Å². The second kappa shape index (κ2) is 6.56. The SMILES string of the molecule is CC1CC(C(=O)O)CCN1C(=O)N(C)Cc1ccncc1. The number of nitrogens with zero attached hydrogens (tertiary/aromatic N) is 3. The molecule has 0 radical (unpaired) electrons. The smallest absolute Gasteiger partial charge is 0.320 e. The number of rotatable bonds is 3. The van der Waals surface area contributed by atoms with E-state index in [1.54, 1.807) is 29.2 Å². The number of likely N-dealkylation sites (tertiary alicyclic amines) is 1. The monoisotopic (exact) mass is 291 g/mol. The van der Waals surface area contributed by atoms with Crippen LogP contribution in [-0.2, 0) is 11.3 Å². The van der Waals surface area contributed by atoms with Crippen molar-refractivity contribution in [3.63, 3.8) is 0 Å². The number of amides is 2. The molecule has 1 saturated heterocycles. The summed E-state index contributed by atoms with van der Waals surface area (Å²) in [6, 6.07) is 3.66. The van der Waals surface area contributed by atoms with Crippen LogP contribution in [0.4, 0.5) is 4.79 Å². The molecule has 1 aliphatic rings. The van der Waals surface area contributed by atoms with Crippen molar-refractivity contribution in [3.05, 3.63) is 30.1 Å². The van der Waals surface area contributed by atoms with Gasteiger partial charge in [0.2, 0.25) is 0 Å². The van der Waals surface area contributed by atoms with Crippen LogP contribution < -0.4 is 0 Å². The van der Waals surface area contributed by atoms with E-state index < -0.39 is 5.97 Å². The molecule has 0 aromatic carbocycles. The third-order valence-corrected chi connectivity index (χ3v) is 3.97. The molecule has 21 heavy (non-hydrogen) atoms. The Morgan fingerprint density at radius 1 is 1.43 bits per heavy atom. The lowest BCUT2D eigenvalue weighted by molar-refractivity contribution is -0.143. The highest BCUT2D eigenvalue weighted by atomic mass is 16.4. The normalized spacial score (nSPS) is 21.9. The zero-order valence-corrected chi connectivity index (χ0v) is 12.4. The van der Waals surface area contributed by atoms with Gasteiger partial charge in [-0.3, -0.25) is 9.78 Å². The standard InChI is InChI=1S/C15H21N3O3/c1-11-9-13(14(19)20)5-8-18(11)15(21)17(2)10-12-3-6-16-7-4-12/h3-4,6-7,11,13H,5,8-10H2,1-2H3,(H,19,20). The van der Waals surface area contributed by atoms with Gasteiger partial charge in [-0.15, -0.1) is 0 Å². The number of hydrogen-bond acceptors (Lipinski definition) is 3. The van der Waals surface area contributed by atoms with Crippen LogP contribution in [0.3, 0.4) is 0 Å². The Bertz CT molecular complexity index is 506. The lowest BCUT2D eigenvalue weighted by atomic mass is 9.92. The van der Waals surface area contributed by atoms with Crippen molar-refractivity contribution < 1.29 is 14.7 Å². The molecule has 2 unspecified atom stereocenters. The van der Waals surface area contributed by atoms with Crippen LogP contribution in [0.2, 0.25) is 0 Å². The van der Waals surface area contributed by atoms with Crippen molar-refractivity contribution in [3.8, 4) is 0 Å². The molecular formula is C15H21N3O3. The number of aromatic nitrogens is 1. The first kappa shape index (κ1) is 15.3. The molecule has 1 aromatic heterocycles. The fraction of sp³-hybridized carbons (Fsp3) is 0.533. The molecule has 0 aliphatic carbocycles. The number of pyridine rings is 1. The minimum absolute atomic E-state index is 0.0489. The number of aliphatic carboxylic acids is 1. The minimum atomic E-state index is -0.765. The highest BCUT2D eigenvalue weighted by molar-refractivity contribution is 5.75. The van der Waals surface area contributed by atoms with E-state index in [9.17, 15) is 9.59 Å². The van der Waals surface area contributed by atoms with Crippen LogP contribution in [0.1, 0.15) is 25.3 Å². The van der Waals surface area contributed by atoms with E-state index in [-0.39, 0.29) is 18.0 Å². The van der Waals surface area contributed by atoms with Gasteiger partial charge in [-0.05, 0) is 37.5 Å². The van der Waals surface area contributed by atoms with E-state index in [1.807, 2.05) is 19.1 Å². The zero-order chi connectivity index (χ0) is 15.4. The quantitative estimate of drug-likeness (QED) is 0.922. The predicted molar refractivity (Wildman–Crippen MR) is 77.6 cm³/mol. The predicted octanol–water partition coefficient (Wildman–Crippen LogP) is 1.82. The molecule has 1 aliphatic heterocycles. The van der Waals surface area contributed by atoms with Gasteiger partial charge in [0.05, 0.1) is 5.92 Å². The minimum Gasteiger partial charge on any atom is -0.481 e. The van der Waals surface area contributed by atoms with Gasteiger partial charge >= 0.3 is 12.0 Å². The maximum absolute atomic E-state index is 12.5. The lowest BCUT2D eigenvalue weighted by Crippen LogP contribution is -2.50.